The molecule has 0 atom stereocenters. The van der Waals surface area contributed by atoms with Crippen LogP contribution in [0.2, 0.25) is 0 Å². The second-order valence-corrected chi connectivity index (χ2v) is 6.45. The Bertz CT molecular complexity index is 1100. The van der Waals surface area contributed by atoms with Crippen LogP contribution < -0.4 is 5.32 Å². The van der Waals surface area contributed by atoms with Crippen molar-refractivity contribution >= 4 is 16.8 Å². The summed E-state index contributed by atoms with van der Waals surface area (Å²) in [4.78, 5) is 25.9. The maximum absolute atomic E-state index is 12.9. The molecule has 0 aromatic carbocycles. The average Bonchev–Trinajstić information content (AvgIpc) is 3.08. The summed E-state index contributed by atoms with van der Waals surface area (Å²) in [7, 11) is 1.96. The normalized spacial score (nSPS) is 10.9. The molecule has 0 spiro atoms. The highest BCUT2D eigenvalue weighted by Crippen LogP contribution is 2.25. The van der Waals surface area contributed by atoms with Gasteiger partial charge in [-0.3, -0.25) is 14.8 Å². The minimum atomic E-state index is -0.211. The van der Waals surface area contributed by atoms with Crippen molar-refractivity contribution in [2.45, 2.75) is 13.5 Å². The Morgan fingerprint density at radius 3 is 2.81 bits per heavy atom. The predicted octanol–water partition coefficient (Wildman–Crippen LogP) is 3.27. The molecule has 0 bridgehead atoms. The van der Waals surface area contributed by atoms with Gasteiger partial charge in [0.1, 0.15) is 5.69 Å². The van der Waals surface area contributed by atoms with Gasteiger partial charge in [0.2, 0.25) is 0 Å². The van der Waals surface area contributed by atoms with Crippen molar-refractivity contribution in [3.8, 4) is 11.3 Å². The zero-order valence-corrected chi connectivity index (χ0v) is 15.2. The summed E-state index contributed by atoms with van der Waals surface area (Å²) in [6, 6.07) is 11.6. The molecule has 0 radical (unpaired) electrons. The van der Waals surface area contributed by atoms with Gasteiger partial charge in [-0.2, -0.15) is 0 Å². The van der Waals surface area contributed by atoms with E-state index in [0.29, 0.717) is 12.2 Å². The van der Waals surface area contributed by atoms with E-state index in [2.05, 4.69) is 20.3 Å². The van der Waals surface area contributed by atoms with Gasteiger partial charge in [-0.1, -0.05) is 6.07 Å². The van der Waals surface area contributed by atoms with Gasteiger partial charge in [-0.05, 0) is 42.8 Å². The van der Waals surface area contributed by atoms with Crippen molar-refractivity contribution in [3.63, 3.8) is 0 Å². The number of aromatic nitrogens is 4. The van der Waals surface area contributed by atoms with E-state index in [4.69, 9.17) is 0 Å². The van der Waals surface area contributed by atoms with Crippen LogP contribution in [0.1, 0.15) is 21.7 Å². The first kappa shape index (κ1) is 16.9. The third kappa shape index (κ3) is 3.42. The lowest BCUT2D eigenvalue weighted by atomic mass is 10.1. The third-order valence-corrected chi connectivity index (χ3v) is 4.48. The Labute approximate surface area is 156 Å². The summed E-state index contributed by atoms with van der Waals surface area (Å²) in [5.41, 5.74) is 4.84. The fourth-order valence-corrected chi connectivity index (χ4v) is 2.97. The molecule has 4 heterocycles. The maximum atomic E-state index is 12.9. The first-order chi connectivity index (χ1) is 13.1. The average molecular weight is 357 g/mol. The van der Waals surface area contributed by atoms with E-state index in [1.165, 1.54) is 0 Å². The Hall–Kier alpha value is -3.54. The highest BCUT2D eigenvalue weighted by molar-refractivity contribution is 6.05. The van der Waals surface area contributed by atoms with Gasteiger partial charge >= 0.3 is 0 Å². The maximum Gasteiger partial charge on any atom is 0.270 e. The van der Waals surface area contributed by atoms with Crippen LogP contribution in [0.15, 0.2) is 61.2 Å². The molecule has 0 fully saturated rings. The highest BCUT2D eigenvalue weighted by Gasteiger charge is 2.16. The van der Waals surface area contributed by atoms with Crippen LogP contribution in [0.5, 0.6) is 0 Å². The highest BCUT2D eigenvalue weighted by atomic mass is 16.1. The number of fused-ring (bicyclic) bond motifs is 1. The number of amides is 1. The summed E-state index contributed by atoms with van der Waals surface area (Å²) in [6.07, 6.45) is 7.16. The first-order valence-corrected chi connectivity index (χ1v) is 8.68. The van der Waals surface area contributed by atoms with E-state index in [1.807, 2.05) is 61.1 Å². The number of hydrogen-bond acceptors (Lipinski definition) is 4. The van der Waals surface area contributed by atoms with E-state index in [-0.39, 0.29) is 5.91 Å². The Balaban J connectivity index is 1.72. The number of hydrogen-bond donors (Lipinski definition) is 1. The molecule has 4 rings (SSSR count). The quantitative estimate of drug-likeness (QED) is 0.608. The van der Waals surface area contributed by atoms with Crippen LogP contribution in [0.3, 0.4) is 0 Å². The lowest BCUT2D eigenvalue weighted by molar-refractivity contribution is 0.0948. The van der Waals surface area contributed by atoms with E-state index in [1.54, 1.807) is 18.6 Å². The van der Waals surface area contributed by atoms with Crippen molar-refractivity contribution in [2.24, 2.45) is 7.05 Å². The third-order valence-electron chi connectivity index (χ3n) is 4.48. The van der Waals surface area contributed by atoms with Crippen LogP contribution >= 0.6 is 0 Å². The Morgan fingerprint density at radius 2 is 2.07 bits per heavy atom. The molecule has 0 aliphatic rings. The van der Waals surface area contributed by atoms with Crippen LogP contribution in [0, 0.1) is 6.92 Å². The van der Waals surface area contributed by atoms with Crippen molar-refractivity contribution in [3.05, 3.63) is 78.1 Å². The molecule has 0 saturated heterocycles. The Morgan fingerprint density at radius 1 is 1.19 bits per heavy atom. The van der Waals surface area contributed by atoms with Gasteiger partial charge in [-0.25, -0.2) is 4.98 Å². The number of aryl methyl sites for hydroxylation is 2. The minimum Gasteiger partial charge on any atom is -0.350 e. The van der Waals surface area contributed by atoms with Gasteiger partial charge in [0.25, 0.3) is 5.91 Å². The van der Waals surface area contributed by atoms with Crippen molar-refractivity contribution in [2.75, 3.05) is 0 Å². The number of rotatable bonds is 4. The Kier molecular flexibility index (Phi) is 4.38. The van der Waals surface area contributed by atoms with E-state index >= 15 is 0 Å². The summed E-state index contributed by atoms with van der Waals surface area (Å²) in [5.74, 6) is -0.211. The first-order valence-electron chi connectivity index (χ1n) is 8.68. The van der Waals surface area contributed by atoms with Gasteiger partial charge in [0.05, 0.1) is 11.2 Å². The van der Waals surface area contributed by atoms with Crippen LogP contribution in [-0.2, 0) is 13.6 Å². The molecule has 1 N–H and O–H groups in total. The molecule has 0 unspecified atom stereocenters. The largest absolute Gasteiger partial charge is 0.350 e. The van der Waals surface area contributed by atoms with Gasteiger partial charge in [0.15, 0.2) is 0 Å². The molecule has 4 aromatic heterocycles. The van der Waals surface area contributed by atoms with Crippen LogP contribution in [0.25, 0.3) is 22.2 Å². The standard InChI is InChI=1S/C21H19N5O/c1-14-5-6-16(13-23-14)18-10-19-17(7-9-26(19)2)20(25-18)21(27)24-12-15-4-3-8-22-11-15/h3-11,13H,12H2,1-2H3,(H,24,27). The van der Waals surface area contributed by atoms with Crippen LogP contribution in [0.4, 0.5) is 0 Å². The van der Waals surface area contributed by atoms with Crippen LogP contribution in [-0.4, -0.2) is 25.4 Å². The second-order valence-electron chi connectivity index (χ2n) is 6.45. The van der Waals surface area contributed by atoms with Gasteiger partial charge < -0.3 is 9.88 Å². The molecular weight excluding hydrogens is 338 g/mol. The van der Waals surface area contributed by atoms with Crippen molar-refractivity contribution < 1.29 is 4.79 Å². The number of nitrogens with zero attached hydrogens (tertiary/aromatic N) is 4. The minimum absolute atomic E-state index is 0.211. The summed E-state index contributed by atoms with van der Waals surface area (Å²) in [5, 5.41) is 3.76. The molecule has 0 saturated carbocycles. The zero-order chi connectivity index (χ0) is 18.8. The fraction of sp³-hybridized carbons (Fsp3) is 0.143. The number of carbonyl (C=O) groups is 1. The monoisotopic (exact) mass is 357 g/mol. The van der Waals surface area contributed by atoms with Crippen molar-refractivity contribution in [1.82, 2.24) is 24.8 Å². The summed E-state index contributed by atoms with van der Waals surface area (Å²) >= 11 is 0. The zero-order valence-electron chi connectivity index (χ0n) is 15.2. The smallest absolute Gasteiger partial charge is 0.270 e. The summed E-state index contributed by atoms with van der Waals surface area (Å²) in [6.45, 7) is 2.34. The number of pyridine rings is 3. The van der Waals surface area contributed by atoms with Gasteiger partial charge in [-0.15, -0.1) is 0 Å². The topological polar surface area (TPSA) is 72.7 Å². The lowest BCUT2D eigenvalue weighted by Gasteiger charge is -2.09. The predicted molar refractivity (Wildman–Crippen MR) is 104 cm³/mol. The van der Waals surface area contributed by atoms with Crippen molar-refractivity contribution in [1.29, 1.82) is 0 Å². The van der Waals surface area contributed by atoms with E-state index in [9.17, 15) is 4.79 Å². The molecule has 4 aromatic rings. The second kappa shape index (κ2) is 6.99. The summed E-state index contributed by atoms with van der Waals surface area (Å²) < 4.78 is 1.99. The number of nitrogens with one attached hydrogen (secondary N) is 1. The van der Waals surface area contributed by atoms with E-state index < -0.39 is 0 Å². The SMILES string of the molecule is Cc1ccc(-c2cc3c(ccn3C)c(C(=O)NCc3cccnc3)n2)cn1. The molecule has 1 amide bonds. The number of carbonyl (C=O) groups excluding carboxylic acids is 1. The fourth-order valence-electron chi connectivity index (χ4n) is 2.97. The van der Waals surface area contributed by atoms with E-state index in [0.717, 1.165) is 33.4 Å². The molecule has 27 heavy (non-hydrogen) atoms. The lowest BCUT2D eigenvalue weighted by Crippen LogP contribution is -2.24. The molecule has 6 nitrogen and oxygen atoms in total. The molecule has 0 aliphatic carbocycles. The molecule has 0 aliphatic heterocycles. The molecule has 134 valence electrons. The molecular formula is C21H19N5O. The van der Waals surface area contributed by atoms with Gasteiger partial charge in [0, 0.05) is 55.0 Å². The molecule has 6 heteroatoms.